The predicted molar refractivity (Wildman–Crippen MR) is 141 cm³/mol. The number of aryl methyl sites for hydroxylation is 1. The van der Waals surface area contributed by atoms with E-state index in [0.29, 0.717) is 28.4 Å². The summed E-state index contributed by atoms with van der Waals surface area (Å²) in [6.45, 7) is 3.71. The Kier molecular flexibility index (Phi) is 9.48. The van der Waals surface area contributed by atoms with Crippen LogP contribution in [-0.2, 0) is 9.53 Å². The second-order valence-electron chi connectivity index (χ2n) is 8.22. The zero-order valence-electron chi connectivity index (χ0n) is 20.3. The van der Waals surface area contributed by atoms with Crippen molar-refractivity contribution in [2.24, 2.45) is 5.92 Å². The summed E-state index contributed by atoms with van der Waals surface area (Å²) in [4.78, 5) is 25.3. The fourth-order valence-electron chi connectivity index (χ4n) is 3.48. The molecule has 3 aromatic carbocycles. The van der Waals surface area contributed by atoms with Crippen LogP contribution in [0.3, 0.4) is 0 Å². The van der Waals surface area contributed by atoms with Gasteiger partial charge >= 0.3 is 6.09 Å². The second-order valence-corrected chi connectivity index (χ2v) is 8.22. The number of aliphatic hydroxyl groups excluding tert-OH is 1. The Labute approximate surface area is 210 Å². The zero-order valence-corrected chi connectivity index (χ0v) is 20.3. The standard InChI is InChI=1S/C28H31N3O5/c1-19-11-14-21(15-12-19)30-28(34)36-27(22-7-3-6-10-25(22)35-18-17-32)20(2)13-16-26(33)31-24-9-5-4-8-23(24)29/h3-16,20,27,32H,17-18,29H2,1-2H3,(H,30,34)(H,31,33)/b16-13+/t20-,27+/m0/s1. The third-order valence-corrected chi connectivity index (χ3v) is 5.35. The molecule has 0 radical (unpaired) electrons. The van der Waals surface area contributed by atoms with E-state index in [2.05, 4.69) is 10.6 Å². The number of carbonyl (C=O) groups excluding carboxylic acids is 2. The third kappa shape index (κ3) is 7.61. The molecule has 3 aromatic rings. The largest absolute Gasteiger partial charge is 0.491 e. The molecule has 0 bridgehead atoms. The topological polar surface area (TPSA) is 123 Å². The van der Waals surface area contributed by atoms with Gasteiger partial charge in [0, 0.05) is 17.2 Å². The Morgan fingerprint density at radius 1 is 1.00 bits per heavy atom. The van der Waals surface area contributed by atoms with Gasteiger partial charge in [0.1, 0.15) is 18.5 Å². The maximum absolute atomic E-state index is 12.8. The number of aliphatic hydroxyl groups is 1. The predicted octanol–water partition coefficient (Wildman–Crippen LogP) is 5.07. The summed E-state index contributed by atoms with van der Waals surface area (Å²) < 4.78 is 11.5. The minimum absolute atomic E-state index is 0.0877. The maximum Gasteiger partial charge on any atom is 0.412 e. The van der Waals surface area contributed by atoms with Crippen molar-refractivity contribution in [1.29, 1.82) is 0 Å². The van der Waals surface area contributed by atoms with Crippen molar-refractivity contribution in [3.63, 3.8) is 0 Å². The molecule has 2 amide bonds. The van der Waals surface area contributed by atoms with Crippen molar-refractivity contribution in [2.75, 3.05) is 29.6 Å². The van der Waals surface area contributed by atoms with Gasteiger partial charge in [-0.3, -0.25) is 10.1 Å². The van der Waals surface area contributed by atoms with E-state index in [0.717, 1.165) is 5.56 Å². The molecule has 3 rings (SSSR count). The number of hydrogen-bond acceptors (Lipinski definition) is 6. The minimum atomic E-state index is -0.781. The average molecular weight is 490 g/mol. The number of nitrogens with one attached hydrogen (secondary N) is 2. The molecule has 8 nitrogen and oxygen atoms in total. The molecule has 0 aromatic heterocycles. The van der Waals surface area contributed by atoms with Crippen LogP contribution >= 0.6 is 0 Å². The number of nitrogen functional groups attached to an aromatic ring is 1. The molecule has 8 heteroatoms. The molecule has 0 unspecified atom stereocenters. The number of carbonyl (C=O) groups is 2. The lowest BCUT2D eigenvalue weighted by Gasteiger charge is -2.25. The molecule has 5 N–H and O–H groups in total. The summed E-state index contributed by atoms with van der Waals surface area (Å²) in [6.07, 6.45) is 1.60. The van der Waals surface area contributed by atoms with Crippen LogP contribution in [0.2, 0.25) is 0 Å². The van der Waals surface area contributed by atoms with Gasteiger partial charge in [0.15, 0.2) is 0 Å². The van der Waals surface area contributed by atoms with E-state index in [-0.39, 0.29) is 19.1 Å². The highest BCUT2D eigenvalue weighted by molar-refractivity contribution is 6.01. The lowest BCUT2D eigenvalue weighted by molar-refractivity contribution is -0.111. The zero-order chi connectivity index (χ0) is 25.9. The van der Waals surface area contributed by atoms with E-state index >= 15 is 0 Å². The van der Waals surface area contributed by atoms with Crippen LogP contribution in [0.5, 0.6) is 5.75 Å². The van der Waals surface area contributed by atoms with Gasteiger partial charge in [0.25, 0.3) is 0 Å². The maximum atomic E-state index is 12.8. The van der Waals surface area contributed by atoms with Gasteiger partial charge in [0.05, 0.1) is 18.0 Å². The second kappa shape index (κ2) is 13.0. The summed E-state index contributed by atoms with van der Waals surface area (Å²) in [6, 6.07) is 21.4. The van der Waals surface area contributed by atoms with Crippen LogP contribution in [-0.4, -0.2) is 30.3 Å². The van der Waals surface area contributed by atoms with Crippen molar-refractivity contribution in [3.8, 4) is 5.75 Å². The van der Waals surface area contributed by atoms with Crippen molar-refractivity contribution in [3.05, 3.63) is 96.1 Å². The van der Waals surface area contributed by atoms with Crippen molar-refractivity contribution in [1.82, 2.24) is 0 Å². The monoisotopic (exact) mass is 489 g/mol. The van der Waals surface area contributed by atoms with Crippen LogP contribution in [0.1, 0.15) is 24.2 Å². The van der Waals surface area contributed by atoms with E-state index in [4.69, 9.17) is 15.2 Å². The lowest BCUT2D eigenvalue weighted by Crippen LogP contribution is -2.22. The SMILES string of the molecule is Cc1ccc(NC(=O)O[C@@H](c2ccccc2OCCO)[C@@H](C)/C=C/C(=O)Nc2ccccc2N)cc1. The molecular weight excluding hydrogens is 458 g/mol. The van der Waals surface area contributed by atoms with Gasteiger partial charge in [0.2, 0.25) is 5.91 Å². The van der Waals surface area contributed by atoms with Crippen LogP contribution in [0.4, 0.5) is 21.9 Å². The third-order valence-electron chi connectivity index (χ3n) is 5.35. The molecule has 0 aliphatic heterocycles. The number of benzene rings is 3. The molecular formula is C28H31N3O5. The summed E-state index contributed by atoms with van der Waals surface area (Å²) in [5, 5.41) is 14.7. The number of amides is 2. The number of anilines is 3. The van der Waals surface area contributed by atoms with Crippen molar-refractivity contribution in [2.45, 2.75) is 20.0 Å². The Morgan fingerprint density at radius 2 is 1.69 bits per heavy atom. The molecule has 0 spiro atoms. The highest BCUT2D eigenvalue weighted by atomic mass is 16.6. The average Bonchev–Trinajstić information content (AvgIpc) is 2.87. The van der Waals surface area contributed by atoms with Crippen molar-refractivity contribution < 1.29 is 24.2 Å². The number of rotatable bonds is 10. The Balaban J connectivity index is 1.80. The molecule has 2 atom stereocenters. The van der Waals surface area contributed by atoms with E-state index in [1.807, 2.05) is 26.0 Å². The lowest BCUT2D eigenvalue weighted by atomic mass is 9.95. The Morgan fingerprint density at radius 3 is 2.42 bits per heavy atom. The first-order valence-electron chi connectivity index (χ1n) is 11.6. The fraction of sp³-hybridized carbons (Fsp3) is 0.214. The summed E-state index contributed by atoms with van der Waals surface area (Å²) in [7, 11) is 0. The molecule has 0 saturated heterocycles. The molecule has 0 saturated carbocycles. The first kappa shape index (κ1) is 26.3. The van der Waals surface area contributed by atoms with Gasteiger partial charge in [-0.1, -0.05) is 61.0 Å². The number of para-hydroxylation sites is 3. The van der Waals surface area contributed by atoms with Crippen molar-refractivity contribution >= 4 is 29.1 Å². The quantitative estimate of drug-likeness (QED) is 0.233. The summed E-state index contributed by atoms with van der Waals surface area (Å²) >= 11 is 0. The molecule has 0 aliphatic rings. The highest BCUT2D eigenvalue weighted by Gasteiger charge is 2.25. The van der Waals surface area contributed by atoms with Gasteiger partial charge in [-0.05, 0) is 43.3 Å². The fourth-order valence-corrected chi connectivity index (χ4v) is 3.48. The summed E-state index contributed by atoms with van der Waals surface area (Å²) in [5.41, 5.74) is 9.13. The normalized spacial score (nSPS) is 12.5. The number of hydrogen-bond donors (Lipinski definition) is 4. The number of ether oxygens (including phenoxy) is 2. The Bertz CT molecular complexity index is 1190. The van der Waals surface area contributed by atoms with E-state index < -0.39 is 18.1 Å². The molecule has 0 fully saturated rings. The molecule has 0 heterocycles. The highest BCUT2D eigenvalue weighted by Crippen LogP contribution is 2.34. The van der Waals surface area contributed by atoms with Gasteiger partial charge < -0.3 is 25.6 Å². The van der Waals surface area contributed by atoms with Crippen LogP contribution in [0, 0.1) is 12.8 Å². The van der Waals surface area contributed by atoms with E-state index in [9.17, 15) is 14.7 Å². The van der Waals surface area contributed by atoms with Crippen LogP contribution in [0.25, 0.3) is 0 Å². The van der Waals surface area contributed by atoms with Gasteiger partial charge in [-0.15, -0.1) is 0 Å². The van der Waals surface area contributed by atoms with Gasteiger partial charge in [-0.2, -0.15) is 0 Å². The van der Waals surface area contributed by atoms with Gasteiger partial charge in [-0.25, -0.2) is 4.79 Å². The van der Waals surface area contributed by atoms with E-state index in [1.165, 1.54) is 6.08 Å². The summed E-state index contributed by atoms with van der Waals surface area (Å²) in [5.74, 6) is -0.305. The number of nitrogens with two attached hydrogens (primary N) is 1. The first-order chi connectivity index (χ1) is 17.4. The first-order valence-corrected chi connectivity index (χ1v) is 11.6. The Hall–Kier alpha value is -4.30. The molecule has 0 aliphatic carbocycles. The van der Waals surface area contributed by atoms with E-state index in [1.54, 1.807) is 66.7 Å². The smallest absolute Gasteiger partial charge is 0.412 e. The van der Waals surface area contributed by atoms with Crippen LogP contribution in [0.15, 0.2) is 84.9 Å². The molecule has 36 heavy (non-hydrogen) atoms. The minimum Gasteiger partial charge on any atom is -0.491 e. The molecule has 188 valence electrons. The van der Waals surface area contributed by atoms with Crippen LogP contribution < -0.4 is 21.1 Å².